The molecule has 0 aliphatic rings. The molecule has 0 bridgehead atoms. The summed E-state index contributed by atoms with van der Waals surface area (Å²) in [6.07, 6.45) is 0. The van der Waals surface area contributed by atoms with E-state index in [4.69, 9.17) is 20.8 Å². The fourth-order valence-corrected chi connectivity index (χ4v) is 2.39. The van der Waals surface area contributed by atoms with Gasteiger partial charge in [-0.1, -0.05) is 23.7 Å². The van der Waals surface area contributed by atoms with E-state index >= 15 is 0 Å². The van der Waals surface area contributed by atoms with Gasteiger partial charge >= 0.3 is 5.63 Å². The number of hydrogen-bond acceptors (Lipinski definition) is 4. The van der Waals surface area contributed by atoms with Crippen LogP contribution < -0.4 is 15.7 Å². The molecule has 0 saturated carbocycles. The number of rotatable bonds is 3. The molecule has 0 atom stereocenters. The van der Waals surface area contributed by atoms with Gasteiger partial charge in [0.15, 0.2) is 0 Å². The molecule has 0 radical (unpaired) electrons. The van der Waals surface area contributed by atoms with Crippen molar-refractivity contribution < 1.29 is 13.9 Å². The second-order valence-electron chi connectivity index (χ2n) is 4.78. The topological polar surface area (TPSA) is 68.5 Å². The molecule has 0 spiro atoms. The van der Waals surface area contributed by atoms with Crippen LogP contribution in [-0.2, 0) is 0 Å². The lowest BCUT2D eigenvalue weighted by atomic mass is 10.1. The minimum atomic E-state index is -0.616. The van der Waals surface area contributed by atoms with Crippen molar-refractivity contribution in [2.45, 2.75) is 0 Å². The molecule has 1 heterocycles. The molecule has 3 rings (SSSR count). The van der Waals surface area contributed by atoms with Crippen LogP contribution in [-0.4, -0.2) is 13.0 Å². The van der Waals surface area contributed by atoms with Crippen LogP contribution in [0.5, 0.6) is 5.75 Å². The number of methoxy groups -OCH3 is 1. The molecule has 1 amide bonds. The smallest absolute Gasteiger partial charge is 0.337 e. The summed E-state index contributed by atoms with van der Waals surface area (Å²) in [4.78, 5) is 24.2. The normalized spacial score (nSPS) is 10.5. The highest BCUT2D eigenvalue weighted by molar-refractivity contribution is 6.34. The predicted octanol–water partition coefficient (Wildman–Crippen LogP) is 3.71. The number of para-hydroxylation sites is 1. The number of carbonyl (C=O) groups is 1. The predicted molar refractivity (Wildman–Crippen MR) is 88.4 cm³/mol. The first-order valence-electron chi connectivity index (χ1n) is 6.76. The molecule has 3 aromatic rings. The molecule has 1 aromatic heterocycles. The Labute approximate surface area is 136 Å². The number of ether oxygens (including phenoxy) is 1. The largest absolute Gasteiger partial charge is 0.497 e. The van der Waals surface area contributed by atoms with E-state index in [0.717, 1.165) is 6.07 Å². The van der Waals surface area contributed by atoms with E-state index < -0.39 is 11.5 Å². The van der Waals surface area contributed by atoms with E-state index in [9.17, 15) is 9.59 Å². The average molecular weight is 330 g/mol. The number of hydrogen-bond donors (Lipinski definition) is 1. The van der Waals surface area contributed by atoms with Crippen LogP contribution in [0.3, 0.4) is 0 Å². The van der Waals surface area contributed by atoms with Crippen LogP contribution in [0.25, 0.3) is 11.0 Å². The summed E-state index contributed by atoms with van der Waals surface area (Å²) in [7, 11) is 1.51. The van der Waals surface area contributed by atoms with Gasteiger partial charge in [0, 0.05) is 17.5 Å². The number of anilines is 1. The third-order valence-corrected chi connectivity index (χ3v) is 3.65. The second kappa shape index (κ2) is 6.14. The molecule has 116 valence electrons. The van der Waals surface area contributed by atoms with Crippen molar-refractivity contribution in [3.63, 3.8) is 0 Å². The van der Waals surface area contributed by atoms with Gasteiger partial charge in [-0.05, 0) is 24.3 Å². The van der Waals surface area contributed by atoms with Crippen LogP contribution in [0.2, 0.25) is 5.02 Å². The third kappa shape index (κ3) is 3.05. The monoisotopic (exact) mass is 329 g/mol. The highest BCUT2D eigenvalue weighted by atomic mass is 35.5. The average Bonchev–Trinajstić information content (AvgIpc) is 2.55. The van der Waals surface area contributed by atoms with Crippen LogP contribution in [0.15, 0.2) is 57.7 Å². The molecule has 0 aliphatic heterocycles. The molecule has 1 N–H and O–H groups in total. The molecule has 2 aromatic carbocycles. The van der Waals surface area contributed by atoms with Gasteiger partial charge < -0.3 is 14.5 Å². The van der Waals surface area contributed by atoms with Crippen molar-refractivity contribution in [2.24, 2.45) is 0 Å². The number of halogens is 1. The lowest BCUT2D eigenvalue weighted by Gasteiger charge is -2.09. The fourth-order valence-electron chi connectivity index (χ4n) is 2.21. The zero-order chi connectivity index (χ0) is 16.4. The van der Waals surface area contributed by atoms with Crippen molar-refractivity contribution in [1.29, 1.82) is 0 Å². The lowest BCUT2D eigenvalue weighted by molar-refractivity contribution is 0.102. The first kappa shape index (κ1) is 15.1. The quantitative estimate of drug-likeness (QED) is 0.744. The van der Waals surface area contributed by atoms with Crippen LogP contribution in [0, 0.1) is 0 Å². The molecule has 0 fully saturated rings. The Bertz CT molecular complexity index is 949. The highest BCUT2D eigenvalue weighted by Crippen LogP contribution is 2.25. The second-order valence-corrected chi connectivity index (χ2v) is 5.18. The molecular formula is C17H12ClNO4. The molecule has 0 aliphatic carbocycles. The minimum absolute atomic E-state index is 0.207. The van der Waals surface area contributed by atoms with Gasteiger partial charge in [0.2, 0.25) is 0 Å². The van der Waals surface area contributed by atoms with Gasteiger partial charge in [-0.2, -0.15) is 0 Å². The van der Waals surface area contributed by atoms with E-state index in [1.165, 1.54) is 7.11 Å². The zero-order valence-electron chi connectivity index (χ0n) is 12.1. The number of nitrogens with one attached hydrogen (secondary N) is 1. The third-order valence-electron chi connectivity index (χ3n) is 3.32. The maximum atomic E-state index is 12.5. The van der Waals surface area contributed by atoms with E-state index in [-0.39, 0.29) is 11.1 Å². The Morgan fingerprint density at radius 3 is 2.70 bits per heavy atom. The van der Waals surface area contributed by atoms with Crippen LogP contribution in [0.4, 0.5) is 5.69 Å². The molecular weight excluding hydrogens is 318 g/mol. The van der Waals surface area contributed by atoms with Crippen molar-refractivity contribution in [3.8, 4) is 5.75 Å². The summed E-state index contributed by atoms with van der Waals surface area (Å²) < 4.78 is 10.2. The van der Waals surface area contributed by atoms with Crippen molar-refractivity contribution >= 4 is 34.2 Å². The van der Waals surface area contributed by atoms with E-state index in [0.29, 0.717) is 21.8 Å². The SMILES string of the molecule is COc1ccc2c(C(=O)Nc3ccccc3Cl)cc(=O)oc2c1. The van der Waals surface area contributed by atoms with E-state index in [2.05, 4.69) is 5.32 Å². The summed E-state index contributed by atoms with van der Waals surface area (Å²) in [6.45, 7) is 0. The molecule has 0 saturated heterocycles. The van der Waals surface area contributed by atoms with Gasteiger partial charge in [0.1, 0.15) is 11.3 Å². The highest BCUT2D eigenvalue weighted by Gasteiger charge is 2.15. The summed E-state index contributed by atoms with van der Waals surface area (Å²) in [6, 6.07) is 12.9. The summed E-state index contributed by atoms with van der Waals surface area (Å²) >= 11 is 6.03. The molecule has 0 unspecified atom stereocenters. The Kier molecular flexibility index (Phi) is 4.04. The summed E-state index contributed by atoms with van der Waals surface area (Å²) in [5, 5.41) is 3.61. The van der Waals surface area contributed by atoms with Crippen LogP contribution >= 0.6 is 11.6 Å². The Morgan fingerprint density at radius 1 is 1.17 bits per heavy atom. The minimum Gasteiger partial charge on any atom is -0.497 e. The van der Waals surface area contributed by atoms with Crippen molar-refractivity contribution in [2.75, 3.05) is 12.4 Å². The fraction of sp³-hybridized carbons (Fsp3) is 0.0588. The Morgan fingerprint density at radius 2 is 1.96 bits per heavy atom. The molecule has 5 nitrogen and oxygen atoms in total. The number of benzene rings is 2. The number of fused-ring (bicyclic) bond motifs is 1. The first-order valence-corrected chi connectivity index (χ1v) is 7.14. The van der Waals surface area contributed by atoms with Gasteiger partial charge in [0.05, 0.1) is 23.4 Å². The maximum Gasteiger partial charge on any atom is 0.337 e. The van der Waals surface area contributed by atoms with Crippen molar-refractivity contribution in [1.82, 2.24) is 0 Å². The van der Waals surface area contributed by atoms with E-state index in [1.807, 2.05) is 0 Å². The zero-order valence-corrected chi connectivity index (χ0v) is 12.9. The number of carbonyl (C=O) groups excluding carboxylic acids is 1. The first-order chi connectivity index (χ1) is 11.1. The summed E-state index contributed by atoms with van der Waals surface area (Å²) in [5.74, 6) is 0.0884. The van der Waals surface area contributed by atoms with E-state index in [1.54, 1.807) is 42.5 Å². The van der Waals surface area contributed by atoms with Gasteiger partial charge in [-0.3, -0.25) is 4.79 Å². The van der Waals surface area contributed by atoms with Crippen LogP contribution in [0.1, 0.15) is 10.4 Å². The standard InChI is InChI=1S/C17H12ClNO4/c1-22-10-6-7-11-12(9-16(20)23-15(11)8-10)17(21)19-14-5-3-2-4-13(14)18/h2-9H,1H3,(H,19,21). The van der Waals surface area contributed by atoms with Gasteiger partial charge in [-0.15, -0.1) is 0 Å². The maximum absolute atomic E-state index is 12.5. The van der Waals surface area contributed by atoms with Gasteiger partial charge in [0.25, 0.3) is 5.91 Å². The molecule has 23 heavy (non-hydrogen) atoms. The van der Waals surface area contributed by atoms with Gasteiger partial charge in [-0.25, -0.2) is 4.79 Å². The lowest BCUT2D eigenvalue weighted by Crippen LogP contribution is -2.15. The molecule has 6 heteroatoms. The Balaban J connectivity index is 2.07. The number of amides is 1. The Hall–Kier alpha value is -2.79. The summed E-state index contributed by atoms with van der Waals surface area (Å²) in [5.41, 5.74) is 0.337. The van der Waals surface area contributed by atoms with Crippen molar-refractivity contribution in [3.05, 3.63) is 69.5 Å².